The zero-order valence-corrected chi connectivity index (χ0v) is 15.8. The van der Waals surface area contributed by atoms with E-state index in [1.165, 1.54) is 0 Å². The first-order chi connectivity index (χ1) is 13.9. The third-order valence-electron chi connectivity index (χ3n) is 5.14. The fourth-order valence-electron chi connectivity index (χ4n) is 3.69. The van der Waals surface area contributed by atoms with Crippen molar-refractivity contribution in [2.24, 2.45) is 0 Å². The molecule has 2 heterocycles. The first kappa shape index (κ1) is 20.7. The number of amides is 4. The summed E-state index contributed by atoms with van der Waals surface area (Å²) in [7, 11) is 0. The van der Waals surface area contributed by atoms with Crippen molar-refractivity contribution in [3.05, 3.63) is 35.4 Å². The normalized spacial score (nSPS) is 21.7. The number of rotatable bonds is 8. The Hall–Kier alpha value is -3.07. The standard InChI is InChI=1S/C20H23N3O6/c24-15-10-9-14(18(27)22-15)23-19(28)13-7-4-3-6-12(13)17(20(23)29)21-11-5-1-2-8-16(25)26/h3-4,6-7,14,17,21H,1-2,5,8-11H2,(H,25,26)(H,22,24,27). The van der Waals surface area contributed by atoms with Crippen molar-refractivity contribution in [3.63, 3.8) is 0 Å². The maximum absolute atomic E-state index is 13.1. The van der Waals surface area contributed by atoms with Gasteiger partial charge in [-0.15, -0.1) is 0 Å². The van der Waals surface area contributed by atoms with Gasteiger partial charge in [0, 0.05) is 18.4 Å². The molecule has 0 radical (unpaired) electrons. The largest absolute Gasteiger partial charge is 0.481 e. The highest BCUT2D eigenvalue weighted by Gasteiger charge is 2.45. The molecular formula is C20H23N3O6. The number of nitrogens with one attached hydrogen (secondary N) is 2. The number of carbonyl (C=O) groups excluding carboxylic acids is 4. The Morgan fingerprint density at radius 2 is 1.90 bits per heavy atom. The SMILES string of the molecule is O=C(O)CCCCCNC1C(=O)N(C2CCC(=O)NC2=O)C(=O)c2ccccc21. The quantitative estimate of drug-likeness (QED) is 0.432. The molecule has 0 spiro atoms. The molecule has 0 saturated carbocycles. The number of carbonyl (C=O) groups is 5. The molecule has 4 amide bonds. The van der Waals surface area contributed by atoms with Gasteiger partial charge in [-0.1, -0.05) is 24.6 Å². The lowest BCUT2D eigenvalue weighted by Crippen LogP contribution is -2.60. The van der Waals surface area contributed by atoms with E-state index in [0.717, 1.165) is 4.90 Å². The molecular weight excluding hydrogens is 378 g/mol. The van der Waals surface area contributed by atoms with Crippen LogP contribution in [0.15, 0.2) is 24.3 Å². The van der Waals surface area contributed by atoms with E-state index in [0.29, 0.717) is 36.9 Å². The topological polar surface area (TPSA) is 133 Å². The molecule has 3 N–H and O–H groups in total. The van der Waals surface area contributed by atoms with Crippen LogP contribution in [0.3, 0.4) is 0 Å². The van der Waals surface area contributed by atoms with Crippen LogP contribution in [-0.4, -0.2) is 52.2 Å². The zero-order chi connectivity index (χ0) is 21.0. The van der Waals surface area contributed by atoms with Gasteiger partial charge in [0.1, 0.15) is 12.1 Å². The Morgan fingerprint density at radius 3 is 2.62 bits per heavy atom. The molecule has 1 fully saturated rings. The molecule has 9 nitrogen and oxygen atoms in total. The number of carboxylic acid groups (broad SMARTS) is 1. The summed E-state index contributed by atoms with van der Waals surface area (Å²) < 4.78 is 0. The average molecular weight is 401 g/mol. The Balaban J connectivity index is 1.75. The highest BCUT2D eigenvalue weighted by Crippen LogP contribution is 2.30. The predicted octanol–water partition coefficient (Wildman–Crippen LogP) is 0.750. The minimum Gasteiger partial charge on any atom is -0.481 e. The highest BCUT2D eigenvalue weighted by molar-refractivity contribution is 6.14. The molecule has 3 rings (SSSR count). The summed E-state index contributed by atoms with van der Waals surface area (Å²) in [5.74, 6) is -2.96. The molecule has 1 saturated heterocycles. The van der Waals surface area contributed by atoms with Gasteiger partial charge in [0.15, 0.2) is 0 Å². The number of fused-ring (bicyclic) bond motifs is 1. The summed E-state index contributed by atoms with van der Waals surface area (Å²) in [6, 6.07) is 4.95. The van der Waals surface area contributed by atoms with Gasteiger partial charge in [0.05, 0.1) is 0 Å². The molecule has 154 valence electrons. The van der Waals surface area contributed by atoms with Crippen LogP contribution < -0.4 is 10.6 Å². The molecule has 0 aliphatic carbocycles. The Bertz CT molecular complexity index is 852. The molecule has 1 aromatic rings. The van der Waals surface area contributed by atoms with Crippen LogP contribution in [-0.2, 0) is 19.2 Å². The summed E-state index contributed by atoms with van der Waals surface area (Å²) in [6.07, 6.45) is 2.18. The number of hydrogen-bond donors (Lipinski definition) is 3. The van der Waals surface area contributed by atoms with Gasteiger partial charge in [-0.25, -0.2) is 0 Å². The lowest BCUT2D eigenvalue weighted by molar-refractivity contribution is -0.144. The minimum atomic E-state index is -1.01. The molecule has 0 bridgehead atoms. The molecule has 2 aliphatic heterocycles. The minimum absolute atomic E-state index is 0.0663. The fourth-order valence-corrected chi connectivity index (χ4v) is 3.69. The van der Waals surface area contributed by atoms with E-state index in [-0.39, 0.29) is 19.3 Å². The van der Waals surface area contributed by atoms with E-state index in [4.69, 9.17) is 5.11 Å². The lowest BCUT2D eigenvalue weighted by Gasteiger charge is -2.38. The number of nitrogens with zero attached hydrogens (tertiary/aromatic N) is 1. The van der Waals surface area contributed by atoms with Gasteiger partial charge in [-0.2, -0.15) is 0 Å². The smallest absolute Gasteiger partial charge is 0.303 e. The van der Waals surface area contributed by atoms with Crippen LogP contribution in [0.4, 0.5) is 0 Å². The van der Waals surface area contributed by atoms with Crippen LogP contribution in [0.1, 0.15) is 60.5 Å². The molecule has 0 aromatic heterocycles. The van der Waals surface area contributed by atoms with Crippen molar-refractivity contribution in [2.45, 2.75) is 50.6 Å². The monoisotopic (exact) mass is 401 g/mol. The van der Waals surface area contributed by atoms with Crippen molar-refractivity contribution >= 4 is 29.6 Å². The van der Waals surface area contributed by atoms with Gasteiger partial charge in [-0.3, -0.25) is 34.2 Å². The van der Waals surface area contributed by atoms with Crippen LogP contribution in [0.2, 0.25) is 0 Å². The molecule has 1 aromatic carbocycles. The van der Waals surface area contributed by atoms with Gasteiger partial charge in [0.25, 0.3) is 11.8 Å². The first-order valence-corrected chi connectivity index (χ1v) is 9.65. The molecule has 9 heteroatoms. The number of unbranched alkanes of at least 4 members (excludes halogenated alkanes) is 2. The van der Waals surface area contributed by atoms with E-state index in [2.05, 4.69) is 10.6 Å². The predicted molar refractivity (Wildman–Crippen MR) is 101 cm³/mol. The summed E-state index contributed by atoms with van der Waals surface area (Å²) in [6.45, 7) is 0.460. The second-order valence-corrected chi connectivity index (χ2v) is 7.16. The van der Waals surface area contributed by atoms with E-state index in [1.807, 2.05) is 0 Å². The number of benzene rings is 1. The fraction of sp³-hybridized carbons (Fsp3) is 0.450. The molecule has 2 aliphatic rings. The Kier molecular flexibility index (Phi) is 6.38. The summed E-state index contributed by atoms with van der Waals surface area (Å²) in [5, 5.41) is 14.0. The van der Waals surface area contributed by atoms with Crippen molar-refractivity contribution in [1.82, 2.24) is 15.5 Å². The molecule has 2 atom stereocenters. The molecule has 2 unspecified atom stereocenters. The number of piperidine rings is 1. The first-order valence-electron chi connectivity index (χ1n) is 9.65. The van der Waals surface area contributed by atoms with Gasteiger partial charge < -0.3 is 10.4 Å². The van der Waals surface area contributed by atoms with Crippen LogP contribution >= 0.6 is 0 Å². The van der Waals surface area contributed by atoms with Gasteiger partial charge in [0.2, 0.25) is 11.8 Å². The number of imide groups is 2. The van der Waals surface area contributed by atoms with E-state index >= 15 is 0 Å². The number of carboxylic acids is 1. The maximum Gasteiger partial charge on any atom is 0.303 e. The van der Waals surface area contributed by atoms with E-state index in [1.54, 1.807) is 24.3 Å². The highest BCUT2D eigenvalue weighted by atomic mass is 16.4. The summed E-state index contributed by atoms with van der Waals surface area (Å²) in [5.41, 5.74) is 0.900. The zero-order valence-electron chi connectivity index (χ0n) is 15.8. The van der Waals surface area contributed by atoms with Crippen LogP contribution in [0.25, 0.3) is 0 Å². The third kappa shape index (κ3) is 4.51. The van der Waals surface area contributed by atoms with Crippen molar-refractivity contribution < 1.29 is 29.1 Å². The Morgan fingerprint density at radius 1 is 1.14 bits per heavy atom. The van der Waals surface area contributed by atoms with E-state index < -0.39 is 41.7 Å². The van der Waals surface area contributed by atoms with Gasteiger partial charge >= 0.3 is 5.97 Å². The van der Waals surface area contributed by atoms with Crippen molar-refractivity contribution in [3.8, 4) is 0 Å². The van der Waals surface area contributed by atoms with Crippen LogP contribution in [0, 0.1) is 0 Å². The third-order valence-corrected chi connectivity index (χ3v) is 5.14. The number of aliphatic carboxylic acids is 1. The summed E-state index contributed by atoms with van der Waals surface area (Å²) >= 11 is 0. The Labute approximate surface area is 167 Å². The maximum atomic E-state index is 13.1. The van der Waals surface area contributed by atoms with Crippen molar-refractivity contribution in [1.29, 1.82) is 0 Å². The summed E-state index contributed by atoms with van der Waals surface area (Å²) in [4.78, 5) is 61.3. The second kappa shape index (κ2) is 8.95. The second-order valence-electron chi connectivity index (χ2n) is 7.16. The van der Waals surface area contributed by atoms with Crippen LogP contribution in [0.5, 0.6) is 0 Å². The average Bonchev–Trinajstić information content (AvgIpc) is 2.68. The van der Waals surface area contributed by atoms with Crippen molar-refractivity contribution in [2.75, 3.05) is 6.54 Å². The number of hydrogen-bond acceptors (Lipinski definition) is 6. The van der Waals surface area contributed by atoms with E-state index in [9.17, 15) is 24.0 Å². The molecule has 29 heavy (non-hydrogen) atoms. The lowest BCUT2D eigenvalue weighted by atomic mass is 9.91. The van der Waals surface area contributed by atoms with Gasteiger partial charge in [-0.05, 0) is 37.4 Å².